The van der Waals surface area contributed by atoms with Crippen molar-refractivity contribution in [3.8, 4) is 40.1 Å². The van der Waals surface area contributed by atoms with Gasteiger partial charge in [-0.15, -0.1) is 0 Å². The maximum absolute atomic E-state index is 14.9. The van der Waals surface area contributed by atoms with Crippen LogP contribution >= 0.6 is 0 Å². The second-order valence-corrected chi connectivity index (χ2v) is 17.8. The largest absolute Gasteiger partial charge is 0.492 e. The van der Waals surface area contributed by atoms with E-state index < -0.39 is 41.5 Å². The van der Waals surface area contributed by atoms with Crippen LogP contribution in [0.25, 0.3) is 22.5 Å². The van der Waals surface area contributed by atoms with Crippen LogP contribution in [-0.4, -0.2) is 90.0 Å². The molecule has 2 amide bonds. The number of nitrogens with one attached hydrogen (secondary N) is 1. The molecule has 2 heterocycles. The molecule has 1 aliphatic heterocycles. The Bertz CT molecular complexity index is 2440. The smallest absolute Gasteiger partial charge is 0.226 e. The van der Waals surface area contributed by atoms with Crippen molar-refractivity contribution in [1.82, 2.24) is 20.2 Å². The predicted molar refractivity (Wildman–Crippen MR) is 262 cm³/mol. The lowest BCUT2D eigenvalue weighted by Gasteiger charge is -2.32. The number of nitrogens with two attached hydrogens (primary N) is 3. The Morgan fingerprint density at radius 1 is 0.868 bits per heavy atom. The highest BCUT2D eigenvalue weighted by atomic mass is 16.5. The Hall–Kier alpha value is -6.34. The molecule has 0 aliphatic carbocycles. The lowest BCUT2D eigenvalue weighted by Crippen LogP contribution is -2.46. The third kappa shape index (κ3) is 13.2. The van der Waals surface area contributed by atoms with E-state index in [1.54, 1.807) is 51.1 Å². The summed E-state index contributed by atoms with van der Waals surface area (Å²) in [5.74, 6) is -2.03. The second-order valence-electron chi connectivity index (χ2n) is 17.8. The number of hydrogen-bond acceptors (Lipinski definition) is 13. The Morgan fingerprint density at radius 3 is 2.07 bits per heavy atom. The number of Topliss-reactive ketones (excluding diaryl/α,β-unsaturated/α-hetero) is 3. The van der Waals surface area contributed by atoms with Gasteiger partial charge in [-0.2, -0.15) is 5.26 Å². The number of aromatic nitrogens is 2. The van der Waals surface area contributed by atoms with Crippen molar-refractivity contribution in [2.75, 3.05) is 39.9 Å². The van der Waals surface area contributed by atoms with Gasteiger partial charge in [0.25, 0.3) is 0 Å². The number of nitriles is 1. The molecule has 1 aliphatic rings. The first-order chi connectivity index (χ1) is 32.7. The van der Waals surface area contributed by atoms with Crippen molar-refractivity contribution in [2.45, 2.75) is 104 Å². The third-order valence-corrected chi connectivity index (χ3v) is 12.8. The van der Waals surface area contributed by atoms with E-state index in [0.717, 1.165) is 24.8 Å². The lowest BCUT2D eigenvalue weighted by atomic mass is 9.88. The number of amides is 2. The van der Waals surface area contributed by atoms with E-state index in [1.165, 1.54) is 17.5 Å². The highest BCUT2D eigenvalue weighted by molar-refractivity contribution is 6.01. The molecule has 0 radical (unpaired) electrons. The third-order valence-electron chi connectivity index (χ3n) is 12.8. The minimum Gasteiger partial charge on any atom is -0.492 e. The predicted octanol–water partition coefficient (Wildman–Crippen LogP) is 6.33. The van der Waals surface area contributed by atoms with Crippen molar-refractivity contribution in [2.24, 2.45) is 35.0 Å². The first-order valence-electron chi connectivity index (χ1n) is 23.8. The summed E-state index contributed by atoms with van der Waals surface area (Å²) in [6.45, 7) is 10.4. The molecule has 4 bridgehead atoms. The second kappa shape index (κ2) is 25.1. The van der Waals surface area contributed by atoms with Crippen molar-refractivity contribution in [1.29, 1.82) is 5.26 Å². The number of fused-ring (bicyclic) bond motifs is 5. The van der Waals surface area contributed by atoms with Gasteiger partial charge in [-0.3, -0.25) is 24.0 Å². The van der Waals surface area contributed by atoms with Gasteiger partial charge in [-0.25, -0.2) is 9.97 Å². The summed E-state index contributed by atoms with van der Waals surface area (Å²) >= 11 is 0. The van der Waals surface area contributed by atoms with Gasteiger partial charge in [0.15, 0.2) is 23.2 Å². The van der Waals surface area contributed by atoms with Crippen LogP contribution in [0.2, 0.25) is 0 Å². The van der Waals surface area contributed by atoms with Crippen LogP contribution < -0.4 is 32.0 Å². The zero-order valence-electron chi connectivity index (χ0n) is 40.4. The molecule has 0 spiro atoms. The molecular weight excluding hydrogens is 861 g/mol. The van der Waals surface area contributed by atoms with Crippen LogP contribution in [0.3, 0.4) is 0 Å². The van der Waals surface area contributed by atoms with Crippen LogP contribution in [0.5, 0.6) is 11.5 Å². The SMILES string of the molecule is CCC(CC)Cc1ccc(-c2nc(C)c(C(=O)C[C@@H](CCN)C(=O)N(C)[C@@H]3C(=O)C[C@@H](C)C(=O)N[C@H](C(=O)CCC#N)Cc4ccc(OCCN)c(c4)-c4cc3ccc4OCCN)c(C)n2)cc1. The van der Waals surface area contributed by atoms with Crippen molar-refractivity contribution >= 4 is 29.2 Å². The summed E-state index contributed by atoms with van der Waals surface area (Å²) < 4.78 is 12.3. The van der Waals surface area contributed by atoms with Crippen LogP contribution in [0.4, 0.5) is 0 Å². The average Bonchev–Trinajstić information content (AvgIpc) is 3.32. The van der Waals surface area contributed by atoms with Crippen LogP contribution in [0.15, 0.2) is 60.7 Å². The number of rotatable bonds is 21. The molecule has 4 atom stereocenters. The Kier molecular flexibility index (Phi) is 19.5. The molecule has 0 unspecified atom stereocenters. The van der Waals surface area contributed by atoms with E-state index in [2.05, 4.69) is 31.3 Å². The molecule has 0 saturated carbocycles. The highest BCUT2D eigenvalue weighted by Gasteiger charge is 2.36. The Morgan fingerprint density at radius 2 is 1.49 bits per heavy atom. The fourth-order valence-corrected chi connectivity index (χ4v) is 8.92. The van der Waals surface area contributed by atoms with Gasteiger partial charge < -0.3 is 36.9 Å². The number of carbonyl (C=O) groups is 5. The maximum atomic E-state index is 14.9. The molecule has 362 valence electrons. The first-order valence-corrected chi connectivity index (χ1v) is 23.8. The minimum atomic E-state index is -1.24. The summed E-state index contributed by atoms with van der Waals surface area (Å²) in [5, 5.41) is 12.1. The maximum Gasteiger partial charge on any atom is 0.226 e. The average molecular weight is 929 g/mol. The Labute approximate surface area is 400 Å². The van der Waals surface area contributed by atoms with Crippen LogP contribution in [-0.2, 0) is 32.0 Å². The molecule has 68 heavy (non-hydrogen) atoms. The van der Waals surface area contributed by atoms with Gasteiger partial charge in [0.1, 0.15) is 30.8 Å². The van der Waals surface area contributed by atoms with Crippen LogP contribution in [0.1, 0.15) is 110 Å². The summed E-state index contributed by atoms with van der Waals surface area (Å²) in [6.07, 6.45) is 2.84. The fraction of sp³-hybridized carbons (Fsp3) is 0.472. The van der Waals surface area contributed by atoms with E-state index in [4.69, 9.17) is 36.6 Å². The topological polar surface area (TPSA) is 247 Å². The quantitative estimate of drug-likeness (QED) is 0.0669. The number of ether oxygens (including phenoxy) is 2. The summed E-state index contributed by atoms with van der Waals surface area (Å²) in [5.41, 5.74) is 23.4. The van der Waals surface area contributed by atoms with Gasteiger partial charge in [0.2, 0.25) is 11.8 Å². The monoisotopic (exact) mass is 929 g/mol. The van der Waals surface area contributed by atoms with Gasteiger partial charge in [0, 0.05) is 74.3 Å². The zero-order chi connectivity index (χ0) is 49.5. The van der Waals surface area contributed by atoms with Crippen molar-refractivity contribution in [3.63, 3.8) is 0 Å². The summed E-state index contributed by atoms with van der Waals surface area (Å²) in [7, 11) is 1.51. The summed E-state index contributed by atoms with van der Waals surface area (Å²) in [4.78, 5) is 82.1. The van der Waals surface area contributed by atoms with Crippen molar-refractivity contribution < 1.29 is 33.4 Å². The normalized spacial score (nSPS) is 16.6. The minimum absolute atomic E-state index is 0.0309. The fourth-order valence-electron chi connectivity index (χ4n) is 8.92. The number of benzene rings is 3. The van der Waals surface area contributed by atoms with Crippen molar-refractivity contribution in [3.05, 3.63) is 94.3 Å². The van der Waals surface area contributed by atoms with E-state index in [9.17, 15) is 29.2 Å². The summed E-state index contributed by atoms with van der Waals surface area (Å²) in [6, 6.07) is 18.5. The van der Waals surface area contributed by atoms with E-state index in [0.29, 0.717) is 62.4 Å². The van der Waals surface area contributed by atoms with Gasteiger partial charge in [-0.1, -0.05) is 70.0 Å². The molecular formula is C53H68N8O7. The molecule has 15 nitrogen and oxygen atoms in total. The van der Waals surface area contributed by atoms with E-state index >= 15 is 0 Å². The number of ketones is 3. The molecule has 4 aromatic rings. The molecule has 1 aromatic heterocycles. The standard InChI is InChI=1S/C53H68N8O7/c1-7-35(8-2)27-36-11-14-38(15-12-36)51-58-33(4)49(34(5)59-51)45(63)31-40(19-21-55)53(66)61(6)50-39-16-18-48(68-25-23-57)42(30-39)41-28-37(13-17-47(41)67-24-22-56)29-43(44(62)10-9-20-54)60-52(65)32(3)26-46(50)64/h11-18,28,30,32,35,40,43,50H,7-10,19,21-27,29,31,55-57H2,1-6H3,(H,60,65)/t32-,40-,43+,50+/m1/s1. The highest BCUT2D eigenvalue weighted by Crippen LogP contribution is 2.41. The molecule has 3 aromatic carbocycles. The lowest BCUT2D eigenvalue weighted by molar-refractivity contribution is -0.142. The number of hydrogen-bond donors (Lipinski definition) is 4. The molecule has 0 fully saturated rings. The van der Waals surface area contributed by atoms with E-state index in [-0.39, 0.29) is 82.9 Å². The van der Waals surface area contributed by atoms with Gasteiger partial charge >= 0.3 is 0 Å². The zero-order valence-corrected chi connectivity index (χ0v) is 40.4. The number of likely N-dealkylation sites (N-methyl/N-ethyl adjacent to an activating group) is 1. The molecule has 15 heteroatoms. The van der Waals surface area contributed by atoms with Gasteiger partial charge in [0.05, 0.1) is 29.1 Å². The van der Waals surface area contributed by atoms with Gasteiger partial charge in [-0.05, 0) is 86.5 Å². The number of aryl methyl sites for hydroxylation is 2. The molecule has 5 rings (SSSR count). The number of carbonyl (C=O) groups excluding carboxylic acids is 5. The first kappa shape index (κ1) is 52.6. The van der Waals surface area contributed by atoms with E-state index in [1.807, 2.05) is 24.3 Å². The molecule has 0 saturated heterocycles. The Balaban J connectivity index is 1.54. The van der Waals surface area contributed by atoms with Crippen LogP contribution in [0, 0.1) is 42.9 Å². The molecule has 7 N–H and O–H groups in total. The number of nitrogens with zero attached hydrogens (tertiary/aromatic N) is 4.